The van der Waals surface area contributed by atoms with E-state index in [-0.39, 0.29) is 0 Å². The highest BCUT2D eigenvalue weighted by Gasteiger charge is 2.23. The summed E-state index contributed by atoms with van der Waals surface area (Å²) in [5.74, 6) is 0. The number of halogens is 4. The molecule has 0 amide bonds. The molecule has 0 nitrogen and oxygen atoms in total. The maximum atomic E-state index is 11.2. The molecule has 0 bridgehead atoms. The number of alkyl halides is 1. The molecule has 0 aliphatic carbocycles. The van der Waals surface area contributed by atoms with Gasteiger partial charge in [-0.1, -0.05) is 0 Å². The van der Waals surface area contributed by atoms with Gasteiger partial charge in [0.15, 0.2) is 0 Å². The van der Waals surface area contributed by atoms with Crippen molar-refractivity contribution in [2.75, 3.05) is 6.30 Å². The second kappa shape index (κ2) is 2.36. The van der Waals surface area contributed by atoms with E-state index in [9.17, 15) is 4.39 Å². The van der Waals surface area contributed by atoms with E-state index >= 15 is 0 Å². The van der Waals surface area contributed by atoms with Gasteiger partial charge in [0.1, 0.15) is 6.30 Å². The molecule has 38 valence electrons. The average Bonchev–Trinajstić information content (AvgIpc) is 1.35. The quantitative estimate of drug-likeness (QED) is 0.415. The van der Waals surface area contributed by atoms with Gasteiger partial charge in [-0.25, -0.2) is 0 Å². The molecule has 5 heteroatoms. The van der Waals surface area contributed by atoms with Crippen LogP contribution in [0.15, 0.2) is 0 Å². The molecule has 0 aromatic rings. The summed E-state index contributed by atoms with van der Waals surface area (Å²) < 4.78 is 11.2. The zero-order chi connectivity index (χ0) is 5.21. The molecule has 0 aliphatic rings. The summed E-state index contributed by atoms with van der Waals surface area (Å²) in [5.41, 5.74) is 0. The zero-order valence-corrected chi connectivity index (χ0v) is 5.99. The summed E-state index contributed by atoms with van der Waals surface area (Å²) in [4.78, 5) is 0. The van der Waals surface area contributed by atoms with Gasteiger partial charge in [-0.15, -0.1) is 33.2 Å². The normalized spacial score (nSPS) is 12.0. The molecule has 0 N–H and O–H groups in total. The lowest BCUT2D eigenvalue weighted by Gasteiger charge is -1.95. The van der Waals surface area contributed by atoms with E-state index in [2.05, 4.69) is 0 Å². The second-order valence-corrected chi connectivity index (χ2v) is 9.79. The van der Waals surface area contributed by atoms with Gasteiger partial charge in [0, 0.05) is 0 Å². The van der Waals surface area contributed by atoms with Crippen molar-refractivity contribution in [3.8, 4) is 0 Å². The van der Waals surface area contributed by atoms with Gasteiger partial charge in [0.25, 0.3) is 0 Å². The van der Waals surface area contributed by atoms with Gasteiger partial charge in [0.05, 0.1) is 0 Å². The molecule has 0 atom stereocenters. The predicted molar refractivity (Wildman–Crippen MR) is 29.3 cm³/mol. The van der Waals surface area contributed by atoms with Crippen molar-refractivity contribution in [3.05, 3.63) is 0 Å². The van der Waals surface area contributed by atoms with Crippen LogP contribution in [0.1, 0.15) is 0 Å². The minimum absolute atomic E-state index is 0.794. The largest absolute Gasteiger partial charge is 0.371 e. The lowest BCUT2D eigenvalue weighted by atomic mass is 11.8. The van der Waals surface area contributed by atoms with E-state index in [1.54, 1.807) is 0 Å². The smallest absolute Gasteiger partial charge is 0.251 e. The Morgan fingerprint density at radius 1 is 1.33 bits per heavy atom. The maximum Gasteiger partial charge on any atom is 0.371 e. The maximum absolute atomic E-state index is 11.2. The van der Waals surface area contributed by atoms with E-state index in [1.807, 2.05) is 0 Å². The average molecular weight is 167 g/mol. The molecule has 0 saturated heterocycles. The second-order valence-electron chi connectivity index (χ2n) is 0.749. The standard InChI is InChI=1S/CH2Cl3FSi/c2-6(3,4)1-5/h1H2. The molecule has 0 aliphatic heterocycles. The third-order valence-corrected chi connectivity index (χ3v) is 1.36. The van der Waals surface area contributed by atoms with E-state index in [0.717, 1.165) is 0 Å². The van der Waals surface area contributed by atoms with Gasteiger partial charge in [-0.05, 0) is 0 Å². The Morgan fingerprint density at radius 2 is 1.50 bits per heavy atom. The van der Waals surface area contributed by atoms with Crippen molar-refractivity contribution >= 4 is 39.2 Å². The predicted octanol–water partition coefficient (Wildman–Crippen LogP) is 2.15. The Hall–Kier alpha value is 1.02. The Labute approximate surface area is 50.3 Å². The van der Waals surface area contributed by atoms with Crippen LogP contribution < -0.4 is 0 Å². The number of hydrogen-bond donors (Lipinski definition) is 0. The highest BCUT2D eigenvalue weighted by Crippen LogP contribution is 2.18. The van der Waals surface area contributed by atoms with Crippen LogP contribution in [0.3, 0.4) is 0 Å². The van der Waals surface area contributed by atoms with Crippen molar-refractivity contribution < 1.29 is 4.39 Å². The molecular weight excluding hydrogens is 165 g/mol. The molecule has 0 fully saturated rings. The molecule has 0 aromatic heterocycles. The molecule has 0 aromatic carbocycles. The number of rotatable bonds is 1. The number of hydrogen-bond acceptors (Lipinski definition) is 0. The summed E-state index contributed by atoms with van der Waals surface area (Å²) in [6, 6.07) is -2.88. The van der Waals surface area contributed by atoms with E-state index in [0.29, 0.717) is 0 Å². The van der Waals surface area contributed by atoms with Crippen LogP contribution >= 0.6 is 33.2 Å². The summed E-state index contributed by atoms with van der Waals surface area (Å²) in [7, 11) is 0. The van der Waals surface area contributed by atoms with Gasteiger partial charge in [-0.3, -0.25) is 4.39 Å². The van der Waals surface area contributed by atoms with Crippen LogP contribution in [-0.2, 0) is 0 Å². The van der Waals surface area contributed by atoms with Crippen LogP contribution in [-0.4, -0.2) is 12.3 Å². The van der Waals surface area contributed by atoms with Gasteiger partial charge < -0.3 is 0 Å². The minimum atomic E-state index is -2.88. The lowest BCUT2D eigenvalue weighted by Crippen LogP contribution is -2.11. The Balaban J connectivity index is 3.17. The van der Waals surface area contributed by atoms with Crippen molar-refractivity contribution in [2.45, 2.75) is 0 Å². The highest BCUT2D eigenvalue weighted by atomic mass is 35.8. The third-order valence-electron chi connectivity index (χ3n) is 0.152. The molecule has 0 saturated carbocycles. The summed E-state index contributed by atoms with van der Waals surface area (Å²) in [5, 5.41) is 0. The van der Waals surface area contributed by atoms with Gasteiger partial charge in [-0.2, -0.15) is 0 Å². The van der Waals surface area contributed by atoms with Crippen LogP contribution in [0.5, 0.6) is 0 Å². The van der Waals surface area contributed by atoms with Gasteiger partial charge in [0.2, 0.25) is 0 Å². The molecule has 0 spiro atoms. The highest BCUT2D eigenvalue weighted by molar-refractivity contribution is 7.64. The lowest BCUT2D eigenvalue weighted by molar-refractivity contribution is 0.593. The van der Waals surface area contributed by atoms with Crippen LogP contribution in [0.25, 0.3) is 0 Å². The van der Waals surface area contributed by atoms with E-state index < -0.39 is 12.3 Å². The fourth-order valence-electron chi connectivity index (χ4n) is 0. The fraction of sp³-hybridized carbons (Fsp3) is 1.00. The van der Waals surface area contributed by atoms with Crippen molar-refractivity contribution in [2.24, 2.45) is 0 Å². The first-order chi connectivity index (χ1) is 2.56. The van der Waals surface area contributed by atoms with Crippen LogP contribution in [0.4, 0.5) is 4.39 Å². The summed E-state index contributed by atoms with van der Waals surface area (Å²) >= 11 is 15.0. The topological polar surface area (TPSA) is 0 Å². The third kappa shape index (κ3) is 5.02. The van der Waals surface area contributed by atoms with E-state index in [4.69, 9.17) is 33.2 Å². The molecule has 0 unspecified atom stereocenters. The first kappa shape index (κ1) is 7.02. The van der Waals surface area contributed by atoms with Crippen LogP contribution in [0.2, 0.25) is 0 Å². The fourth-order valence-corrected chi connectivity index (χ4v) is 0. The Morgan fingerprint density at radius 3 is 1.50 bits per heavy atom. The van der Waals surface area contributed by atoms with Crippen LogP contribution in [0, 0.1) is 0 Å². The first-order valence-electron chi connectivity index (χ1n) is 1.19. The van der Waals surface area contributed by atoms with Crippen molar-refractivity contribution in [3.63, 3.8) is 0 Å². The minimum Gasteiger partial charge on any atom is -0.251 e. The Kier molecular flexibility index (Phi) is 2.76. The SMILES string of the molecule is FC[Si](Cl)(Cl)Cl. The first-order valence-corrected chi connectivity index (χ1v) is 6.43. The molecule has 0 radical (unpaired) electrons. The molecule has 0 heterocycles. The molecular formula is CH2Cl3FSi. The summed E-state index contributed by atoms with van der Waals surface area (Å²) in [6.07, 6.45) is -0.794. The molecule has 0 rings (SSSR count). The molecule has 6 heavy (non-hydrogen) atoms. The van der Waals surface area contributed by atoms with Crippen molar-refractivity contribution in [1.29, 1.82) is 0 Å². The van der Waals surface area contributed by atoms with Gasteiger partial charge >= 0.3 is 6.00 Å². The monoisotopic (exact) mass is 166 g/mol. The Bertz CT molecular complexity index is 40.5. The zero-order valence-electron chi connectivity index (χ0n) is 2.72. The van der Waals surface area contributed by atoms with E-state index in [1.165, 1.54) is 0 Å². The summed E-state index contributed by atoms with van der Waals surface area (Å²) in [6.45, 7) is 0. The van der Waals surface area contributed by atoms with Crippen molar-refractivity contribution in [1.82, 2.24) is 0 Å².